The molecule has 1 fully saturated rings. The van der Waals surface area contributed by atoms with Crippen LogP contribution in [0.4, 0.5) is 0 Å². The molecule has 0 unspecified atom stereocenters. The summed E-state index contributed by atoms with van der Waals surface area (Å²) in [5.74, 6) is 0. The lowest BCUT2D eigenvalue weighted by atomic mass is 10.1. The average molecular weight is 221 g/mol. The lowest BCUT2D eigenvalue weighted by molar-refractivity contribution is 0.471. The largest absolute Gasteiger partial charge is 0.329 e. The van der Waals surface area contributed by atoms with E-state index in [0.29, 0.717) is 6.54 Å². The van der Waals surface area contributed by atoms with Gasteiger partial charge in [0.25, 0.3) is 10.2 Å². The van der Waals surface area contributed by atoms with Crippen LogP contribution in [0.25, 0.3) is 0 Å². The van der Waals surface area contributed by atoms with E-state index in [0.717, 1.165) is 12.8 Å². The molecule has 0 aromatic heterocycles. The highest BCUT2D eigenvalue weighted by atomic mass is 32.2. The van der Waals surface area contributed by atoms with Crippen molar-refractivity contribution in [1.82, 2.24) is 9.44 Å². The van der Waals surface area contributed by atoms with Crippen LogP contribution in [-0.2, 0) is 10.2 Å². The zero-order valence-corrected chi connectivity index (χ0v) is 9.74. The Kier molecular flexibility index (Phi) is 2.93. The summed E-state index contributed by atoms with van der Waals surface area (Å²) < 4.78 is 28.3. The first-order chi connectivity index (χ1) is 6.18. The number of nitrogens with one attached hydrogen (secondary N) is 2. The highest BCUT2D eigenvalue weighted by molar-refractivity contribution is 7.87. The molecule has 1 saturated carbocycles. The van der Waals surface area contributed by atoms with Crippen LogP contribution in [0.2, 0.25) is 0 Å². The second kappa shape index (κ2) is 3.44. The Morgan fingerprint density at radius 3 is 2.14 bits per heavy atom. The van der Waals surface area contributed by atoms with E-state index in [4.69, 9.17) is 5.73 Å². The predicted molar refractivity (Wildman–Crippen MR) is 56.0 cm³/mol. The minimum absolute atomic E-state index is 0.359. The van der Waals surface area contributed by atoms with Crippen molar-refractivity contribution < 1.29 is 8.42 Å². The Bertz CT molecular complexity index is 301. The summed E-state index contributed by atoms with van der Waals surface area (Å²) in [6.45, 7) is 5.76. The Morgan fingerprint density at radius 2 is 1.86 bits per heavy atom. The molecule has 0 heterocycles. The van der Waals surface area contributed by atoms with E-state index in [1.165, 1.54) is 0 Å². The highest BCUT2D eigenvalue weighted by Gasteiger charge is 2.44. The maximum absolute atomic E-state index is 11.6. The third-order valence-corrected chi connectivity index (χ3v) is 3.62. The molecular formula is C8H19N3O2S. The highest BCUT2D eigenvalue weighted by Crippen LogP contribution is 2.34. The van der Waals surface area contributed by atoms with Gasteiger partial charge < -0.3 is 5.73 Å². The van der Waals surface area contributed by atoms with E-state index in [9.17, 15) is 8.42 Å². The normalized spacial score (nSPS) is 20.9. The van der Waals surface area contributed by atoms with Gasteiger partial charge in [-0.1, -0.05) is 0 Å². The molecule has 5 nitrogen and oxygen atoms in total. The maximum Gasteiger partial charge on any atom is 0.277 e. The van der Waals surface area contributed by atoms with Crippen LogP contribution in [0.5, 0.6) is 0 Å². The van der Waals surface area contributed by atoms with Gasteiger partial charge in [0.2, 0.25) is 0 Å². The van der Waals surface area contributed by atoms with Gasteiger partial charge in [-0.2, -0.15) is 17.9 Å². The smallest absolute Gasteiger partial charge is 0.277 e. The van der Waals surface area contributed by atoms with Crippen molar-refractivity contribution in [2.75, 3.05) is 6.54 Å². The standard InChI is InChI=1S/C8H19N3O2S/c1-7(2,3)10-14(12,13)11-8(6-9)4-5-8/h10-11H,4-6,9H2,1-3H3. The lowest BCUT2D eigenvalue weighted by Crippen LogP contribution is -2.52. The topological polar surface area (TPSA) is 84.2 Å². The van der Waals surface area contributed by atoms with Gasteiger partial charge in [-0.15, -0.1) is 0 Å². The molecule has 0 aliphatic heterocycles. The summed E-state index contributed by atoms with van der Waals surface area (Å²) in [6.07, 6.45) is 1.66. The summed E-state index contributed by atoms with van der Waals surface area (Å²) >= 11 is 0. The van der Waals surface area contributed by atoms with Crippen LogP contribution in [0.3, 0.4) is 0 Å². The summed E-state index contributed by atoms with van der Waals surface area (Å²) in [7, 11) is -3.43. The van der Waals surface area contributed by atoms with Gasteiger partial charge in [0.15, 0.2) is 0 Å². The quantitative estimate of drug-likeness (QED) is 0.609. The zero-order chi connectivity index (χ0) is 11.0. The molecule has 14 heavy (non-hydrogen) atoms. The van der Waals surface area contributed by atoms with Crippen molar-refractivity contribution in [3.05, 3.63) is 0 Å². The molecule has 0 bridgehead atoms. The van der Waals surface area contributed by atoms with Crippen molar-refractivity contribution in [3.63, 3.8) is 0 Å². The van der Waals surface area contributed by atoms with Crippen molar-refractivity contribution in [1.29, 1.82) is 0 Å². The van der Waals surface area contributed by atoms with Crippen LogP contribution >= 0.6 is 0 Å². The Morgan fingerprint density at radius 1 is 1.36 bits per heavy atom. The van der Waals surface area contributed by atoms with Gasteiger partial charge in [-0.3, -0.25) is 0 Å². The van der Waals surface area contributed by atoms with E-state index in [1.807, 2.05) is 0 Å². The summed E-state index contributed by atoms with van der Waals surface area (Å²) in [5.41, 5.74) is 4.65. The van der Waals surface area contributed by atoms with Gasteiger partial charge >= 0.3 is 0 Å². The average Bonchev–Trinajstić information content (AvgIpc) is 2.62. The number of hydrogen-bond acceptors (Lipinski definition) is 3. The molecule has 0 radical (unpaired) electrons. The number of nitrogens with two attached hydrogens (primary N) is 1. The lowest BCUT2D eigenvalue weighted by Gasteiger charge is -2.23. The molecular weight excluding hydrogens is 202 g/mol. The first kappa shape index (κ1) is 11.9. The molecule has 0 amide bonds. The third-order valence-electron chi connectivity index (χ3n) is 2.04. The van der Waals surface area contributed by atoms with E-state index in [1.54, 1.807) is 20.8 Å². The van der Waals surface area contributed by atoms with Crippen molar-refractivity contribution in [2.24, 2.45) is 5.73 Å². The minimum Gasteiger partial charge on any atom is -0.329 e. The fourth-order valence-electron chi connectivity index (χ4n) is 1.21. The first-order valence-corrected chi connectivity index (χ1v) is 6.19. The molecule has 1 rings (SSSR count). The van der Waals surface area contributed by atoms with Crippen LogP contribution in [0, 0.1) is 0 Å². The molecule has 0 aromatic carbocycles. The summed E-state index contributed by atoms with van der Waals surface area (Å²) in [6, 6.07) is 0. The fourth-order valence-corrected chi connectivity index (χ4v) is 2.93. The van der Waals surface area contributed by atoms with Gasteiger partial charge in [0, 0.05) is 17.6 Å². The maximum atomic E-state index is 11.6. The summed E-state index contributed by atoms with van der Waals surface area (Å²) in [4.78, 5) is 0. The Labute approximate surface area is 85.6 Å². The SMILES string of the molecule is CC(C)(C)NS(=O)(=O)NC1(CN)CC1. The van der Waals surface area contributed by atoms with Crippen molar-refractivity contribution in [3.8, 4) is 0 Å². The van der Waals surface area contributed by atoms with Crippen LogP contribution in [0.15, 0.2) is 0 Å². The van der Waals surface area contributed by atoms with E-state index in [2.05, 4.69) is 9.44 Å². The second-order valence-electron chi connectivity index (χ2n) is 4.94. The van der Waals surface area contributed by atoms with Gasteiger partial charge in [0.05, 0.1) is 0 Å². The van der Waals surface area contributed by atoms with E-state index < -0.39 is 15.7 Å². The monoisotopic (exact) mass is 221 g/mol. The summed E-state index contributed by atoms with van der Waals surface area (Å²) in [5, 5.41) is 0. The molecule has 0 spiro atoms. The molecule has 0 saturated heterocycles. The molecule has 4 N–H and O–H groups in total. The van der Waals surface area contributed by atoms with Crippen molar-refractivity contribution in [2.45, 2.75) is 44.7 Å². The van der Waals surface area contributed by atoms with Crippen LogP contribution < -0.4 is 15.2 Å². The van der Waals surface area contributed by atoms with Gasteiger partial charge in [0.1, 0.15) is 0 Å². The Hall–Kier alpha value is -0.170. The van der Waals surface area contributed by atoms with Crippen LogP contribution in [-0.4, -0.2) is 26.0 Å². The molecule has 0 atom stereocenters. The molecule has 0 aromatic rings. The molecule has 1 aliphatic rings. The minimum atomic E-state index is -3.43. The third kappa shape index (κ3) is 3.53. The molecule has 1 aliphatic carbocycles. The number of rotatable bonds is 4. The van der Waals surface area contributed by atoms with E-state index >= 15 is 0 Å². The first-order valence-electron chi connectivity index (χ1n) is 4.71. The second-order valence-corrected chi connectivity index (χ2v) is 6.36. The van der Waals surface area contributed by atoms with Crippen LogP contribution in [0.1, 0.15) is 33.6 Å². The molecule has 6 heteroatoms. The van der Waals surface area contributed by atoms with Crippen molar-refractivity contribution >= 4 is 10.2 Å². The van der Waals surface area contributed by atoms with Gasteiger partial charge in [-0.25, -0.2) is 0 Å². The van der Waals surface area contributed by atoms with E-state index in [-0.39, 0.29) is 5.54 Å². The zero-order valence-electron chi connectivity index (χ0n) is 8.92. The Balaban J connectivity index is 2.59. The predicted octanol–water partition coefficient (Wildman–Crippen LogP) is -0.300. The fraction of sp³-hybridized carbons (Fsp3) is 1.00. The van der Waals surface area contributed by atoms with Gasteiger partial charge in [-0.05, 0) is 33.6 Å². The molecule has 84 valence electrons. The number of hydrogen-bond donors (Lipinski definition) is 3.